The highest BCUT2D eigenvalue weighted by Gasteiger charge is 2.40. The van der Waals surface area contributed by atoms with Crippen molar-refractivity contribution in [1.82, 2.24) is 0 Å². The Labute approximate surface area is 158 Å². The number of aromatic hydroxyl groups is 3. The van der Waals surface area contributed by atoms with Crippen molar-refractivity contribution in [3.63, 3.8) is 0 Å². The highest BCUT2D eigenvalue weighted by Crippen LogP contribution is 2.53. The van der Waals surface area contributed by atoms with Crippen molar-refractivity contribution in [2.75, 3.05) is 0 Å². The van der Waals surface area contributed by atoms with Crippen molar-refractivity contribution in [3.05, 3.63) is 17.2 Å². The maximum atomic E-state index is 10.2. The maximum Gasteiger partial charge on any atom is 0.200 e. The first-order chi connectivity index (χ1) is 11.4. The van der Waals surface area contributed by atoms with Crippen molar-refractivity contribution in [2.24, 2.45) is 5.41 Å². The van der Waals surface area contributed by atoms with E-state index in [0.717, 1.165) is 43.2 Å². The first-order valence-corrected chi connectivity index (χ1v) is 10.4. The van der Waals surface area contributed by atoms with Crippen molar-refractivity contribution in [1.29, 1.82) is 0 Å². The summed E-state index contributed by atoms with van der Waals surface area (Å²) >= 11 is 2.54. The summed E-state index contributed by atoms with van der Waals surface area (Å²) in [5, 5.41) is 30.4. The first kappa shape index (κ1) is 18.2. The van der Waals surface area contributed by atoms with E-state index in [4.69, 9.17) is 0 Å². The van der Waals surface area contributed by atoms with Gasteiger partial charge in [-0.1, -0.05) is 35.9 Å². The van der Waals surface area contributed by atoms with Crippen LogP contribution in [0.25, 0.3) is 0 Å². The summed E-state index contributed by atoms with van der Waals surface area (Å²) in [6.45, 7) is 2.26. The number of benzene rings is 1. The van der Waals surface area contributed by atoms with E-state index in [-0.39, 0.29) is 17.2 Å². The van der Waals surface area contributed by atoms with Gasteiger partial charge in [0, 0.05) is 3.42 Å². The molecule has 2 saturated carbocycles. The summed E-state index contributed by atoms with van der Waals surface area (Å²) in [5.41, 5.74) is 2.11. The van der Waals surface area contributed by atoms with Gasteiger partial charge in [-0.05, 0) is 86.8 Å². The number of hydrogen-bond donors (Lipinski definition) is 3. The predicted molar refractivity (Wildman–Crippen MR) is 105 cm³/mol. The van der Waals surface area contributed by atoms with Gasteiger partial charge >= 0.3 is 0 Å². The van der Waals surface area contributed by atoms with Crippen LogP contribution in [0.2, 0.25) is 0 Å². The third-order valence-electron chi connectivity index (χ3n) is 6.13. The fraction of sp³-hybridized carbons (Fsp3) is 0.700. The quantitative estimate of drug-likeness (QED) is 0.264. The van der Waals surface area contributed by atoms with Gasteiger partial charge < -0.3 is 15.3 Å². The first-order valence-electron chi connectivity index (χ1n) is 9.33. The van der Waals surface area contributed by atoms with Crippen molar-refractivity contribution < 1.29 is 15.3 Å². The monoisotopic (exact) mass is 444 g/mol. The topological polar surface area (TPSA) is 60.7 Å². The van der Waals surface area contributed by atoms with Crippen LogP contribution in [0.3, 0.4) is 0 Å². The van der Waals surface area contributed by atoms with Crippen LogP contribution in [0.5, 0.6) is 17.2 Å². The van der Waals surface area contributed by atoms with Crippen LogP contribution in [0.1, 0.15) is 75.8 Å². The molecule has 1 aromatic rings. The Balaban J connectivity index is 1.61. The summed E-state index contributed by atoms with van der Waals surface area (Å²) in [4.78, 5) is 0. The molecule has 0 spiro atoms. The largest absolute Gasteiger partial charge is 0.504 e. The van der Waals surface area contributed by atoms with E-state index in [1.54, 1.807) is 0 Å². The van der Waals surface area contributed by atoms with Crippen LogP contribution in [0.4, 0.5) is 0 Å². The van der Waals surface area contributed by atoms with E-state index >= 15 is 0 Å². The molecule has 0 heterocycles. The zero-order valence-corrected chi connectivity index (χ0v) is 16.7. The van der Waals surface area contributed by atoms with E-state index in [1.807, 2.05) is 6.07 Å². The van der Waals surface area contributed by atoms with Crippen molar-refractivity contribution in [2.45, 2.75) is 81.0 Å². The molecule has 3 rings (SSSR count). The lowest BCUT2D eigenvalue weighted by atomic mass is 9.93. The Morgan fingerprint density at radius 3 is 1.88 bits per heavy atom. The Kier molecular flexibility index (Phi) is 5.24. The lowest BCUT2D eigenvalue weighted by Gasteiger charge is -2.15. The van der Waals surface area contributed by atoms with E-state index in [0.29, 0.717) is 8.84 Å². The maximum absolute atomic E-state index is 10.2. The molecule has 0 saturated heterocycles. The van der Waals surface area contributed by atoms with E-state index < -0.39 is 0 Å². The highest BCUT2D eigenvalue weighted by molar-refractivity contribution is 14.1. The van der Waals surface area contributed by atoms with Gasteiger partial charge in [0.1, 0.15) is 0 Å². The molecule has 0 radical (unpaired) electrons. The number of phenolic OH excluding ortho intramolecular Hbond substituents is 3. The van der Waals surface area contributed by atoms with Crippen LogP contribution in [0, 0.1) is 5.41 Å². The van der Waals surface area contributed by atoms with Crippen molar-refractivity contribution in [3.8, 4) is 17.2 Å². The van der Waals surface area contributed by atoms with Gasteiger partial charge in [0.25, 0.3) is 0 Å². The molecule has 2 aliphatic rings. The molecular formula is C20H29IO3. The molecule has 0 unspecified atom stereocenters. The second kappa shape index (κ2) is 6.93. The fourth-order valence-electron chi connectivity index (χ4n) is 3.74. The normalized spacial score (nSPS) is 20.1. The molecule has 3 N–H and O–H groups in total. The molecule has 0 amide bonds. The average Bonchev–Trinajstić information content (AvgIpc) is 3.48. The summed E-state index contributed by atoms with van der Waals surface area (Å²) in [7, 11) is 0. The lowest BCUT2D eigenvalue weighted by Crippen LogP contribution is -2.01. The number of halogens is 1. The zero-order valence-electron chi connectivity index (χ0n) is 14.6. The van der Waals surface area contributed by atoms with Gasteiger partial charge in [-0.3, -0.25) is 0 Å². The van der Waals surface area contributed by atoms with Crippen LogP contribution in [0.15, 0.2) is 6.07 Å². The minimum absolute atomic E-state index is 0.134. The molecule has 134 valence electrons. The average molecular weight is 444 g/mol. The van der Waals surface area contributed by atoms with Crippen LogP contribution >= 0.6 is 22.6 Å². The molecule has 24 heavy (non-hydrogen) atoms. The minimum atomic E-state index is -0.338. The summed E-state index contributed by atoms with van der Waals surface area (Å²) in [5.74, 6) is -0.610. The molecule has 4 heteroatoms. The van der Waals surface area contributed by atoms with Gasteiger partial charge in [-0.15, -0.1) is 0 Å². The highest BCUT2D eigenvalue weighted by atomic mass is 127. The molecular weight excluding hydrogens is 415 g/mol. The Morgan fingerprint density at radius 1 is 0.875 bits per heavy atom. The van der Waals surface area contributed by atoms with Gasteiger partial charge in [0.05, 0.1) is 0 Å². The van der Waals surface area contributed by atoms with Crippen molar-refractivity contribution >= 4 is 22.6 Å². The second-order valence-corrected chi connectivity index (χ2v) is 10.2. The summed E-state index contributed by atoms with van der Waals surface area (Å²) in [6, 6.07) is 1.91. The fourth-order valence-corrected chi connectivity index (χ4v) is 4.39. The smallest absolute Gasteiger partial charge is 0.200 e. The third-order valence-corrected chi connectivity index (χ3v) is 7.75. The van der Waals surface area contributed by atoms with E-state index in [9.17, 15) is 15.3 Å². The Bertz CT molecular complexity index is 603. The molecule has 0 atom stereocenters. The van der Waals surface area contributed by atoms with Crippen LogP contribution in [-0.2, 0) is 12.8 Å². The molecule has 0 bridgehead atoms. The zero-order chi connectivity index (χ0) is 17.4. The molecule has 0 aliphatic heterocycles. The second-order valence-electron chi connectivity index (χ2n) is 7.95. The van der Waals surface area contributed by atoms with Gasteiger partial charge in [0.2, 0.25) is 5.75 Å². The molecule has 1 aromatic carbocycles. The Morgan fingerprint density at radius 2 is 1.42 bits per heavy atom. The molecule has 2 aliphatic carbocycles. The van der Waals surface area contributed by atoms with Gasteiger partial charge in [-0.25, -0.2) is 0 Å². The van der Waals surface area contributed by atoms with Crippen LogP contribution in [-0.4, -0.2) is 18.7 Å². The standard InChI is InChI=1S/C20H29IO3/c1-2-19(9-10-19)7-3-5-14-13-15(17(23)18(24)16(14)22)6-4-8-20(21)11-12-20/h13,22-24H,2-12H2,1H3. The van der Waals surface area contributed by atoms with E-state index in [2.05, 4.69) is 29.5 Å². The number of aryl methyl sites for hydroxylation is 2. The minimum Gasteiger partial charge on any atom is -0.504 e. The lowest BCUT2D eigenvalue weighted by molar-refractivity contribution is 0.360. The number of rotatable bonds is 9. The van der Waals surface area contributed by atoms with Crippen LogP contribution < -0.4 is 0 Å². The molecule has 0 aromatic heterocycles. The number of alkyl halides is 1. The molecule has 2 fully saturated rings. The Hall–Kier alpha value is -0.650. The van der Waals surface area contributed by atoms with Gasteiger partial charge in [0.15, 0.2) is 11.5 Å². The third kappa shape index (κ3) is 4.12. The van der Waals surface area contributed by atoms with Gasteiger partial charge in [-0.2, -0.15) is 0 Å². The summed E-state index contributed by atoms with van der Waals surface area (Å²) < 4.78 is 0.480. The number of hydrogen-bond acceptors (Lipinski definition) is 3. The van der Waals surface area contributed by atoms with E-state index in [1.165, 1.54) is 38.5 Å². The predicted octanol–water partition coefficient (Wildman–Crippen LogP) is 5.61. The number of phenols is 3. The SMILES string of the molecule is CCC1(CCCc2cc(CCCC3(I)CC3)c(O)c(O)c2O)CC1. The summed E-state index contributed by atoms with van der Waals surface area (Å²) in [6.07, 6.45) is 12.4. The molecule has 3 nitrogen and oxygen atoms in total.